The van der Waals surface area contributed by atoms with Gasteiger partial charge < -0.3 is 9.80 Å². The third-order valence-corrected chi connectivity index (χ3v) is 18.8. The van der Waals surface area contributed by atoms with Gasteiger partial charge in [-0.2, -0.15) is 0 Å². The van der Waals surface area contributed by atoms with Gasteiger partial charge in [-0.25, -0.2) is 0 Å². The van der Waals surface area contributed by atoms with Crippen LogP contribution in [0.1, 0.15) is 283 Å². The van der Waals surface area contributed by atoms with Gasteiger partial charge in [0.25, 0.3) is 11.8 Å². The summed E-state index contributed by atoms with van der Waals surface area (Å²) < 4.78 is 0. The Morgan fingerprint density at radius 2 is 0.789 bits per heavy atom. The van der Waals surface area contributed by atoms with Crippen molar-refractivity contribution in [3.63, 3.8) is 0 Å². The molecular formula is C70H104N2O2S2. The number of carbonyl (C=O) groups excluding carboxylic acids is 2. The Bertz CT molecular complexity index is 2350. The highest BCUT2D eigenvalue weighted by Gasteiger charge is 2.42. The third kappa shape index (κ3) is 20.2. The summed E-state index contributed by atoms with van der Waals surface area (Å²) in [6.07, 6.45) is 52.2. The summed E-state index contributed by atoms with van der Waals surface area (Å²) in [5.74, 6) is 0.764. The molecule has 0 saturated heterocycles. The second-order valence-corrected chi connectivity index (χ2v) is 25.7. The van der Waals surface area contributed by atoms with E-state index in [1.54, 1.807) is 11.3 Å². The molecule has 0 bridgehead atoms. The SMILES string of the molecule is CCCCCCCCCCCCCCCN1C(=O)/C(=C2/C(=O)N(CCCCC(CCCCCCCCCC)CCCCCCCCCCCC)c3cc(C)ccc32)c2ccc(-c3ccc(/C=C/c4ccc(C)s4)s3)cc21. The number of hydrogen-bond donors (Lipinski definition) is 0. The molecule has 0 N–H and O–H groups in total. The van der Waals surface area contributed by atoms with Crippen LogP contribution in [0.4, 0.5) is 11.4 Å². The lowest BCUT2D eigenvalue weighted by atomic mass is 9.89. The van der Waals surface area contributed by atoms with Gasteiger partial charge in [0, 0.05) is 43.7 Å². The summed E-state index contributed by atoms with van der Waals surface area (Å²) in [5, 5.41) is 0. The van der Waals surface area contributed by atoms with Crippen LogP contribution in [-0.4, -0.2) is 24.9 Å². The molecular weight excluding hydrogens is 965 g/mol. The van der Waals surface area contributed by atoms with Gasteiger partial charge in [-0.15, -0.1) is 22.7 Å². The maximum Gasteiger partial charge on any atom is 0.259 e. The van der Waals surface area contributed by atoms with Gasteiger partial charge in [-0.1, -0.05) is 263 Å². The van der Waals surface area contributed by atoms with Gasteiger partial charge in [0.15, 0.2) is 0 Å². The van der Waals surface area contributed by atoms with E-state index in [4.69, 9.17) is 0 Å². The number of aryl methyl sites for hydroxylation is 2. The molecule has 6 heteroatoms. The average Bonchev–Trinajstić information content (AvgIpc) is 4.29. The fourth-order valence-corrected chi connectivity index (χ4v) is 13.7. The molecule has 2 aromatic carbocycles. The number of anilines is 2. The molecule has 2 aliphatic rings. The molecule has 4 nitrogen and oxygen atoms in total. The van der Waals surface area contributed by atoms with Crippen LogP contribution in [0.25, 0.3) is 33.7 Å². The minimum absolute atomic E-state index is 0.00161. The van der Waals surface area contributed by atoms with Crippen LogP contribution in [0.5, 0.6) is 0 Å². The van der Waals surface area contributed by atoms with Gasteiger partial charge in [-0.3, -0.25) is 9.59 Å². The largest absolute Gasteiger partial charge is 0.308 e. The van der Waals surface area contributed by atoms with Gasteiger partial charge >= 0.3 is 0 Å². The van der Waals surface area contributed by atoms with Gasteiger partial charge in [0.05, 0.1) is 22.5 Å². The van der Waals surface area contributed by atoms with E-state index >= 15 is 9.59 Å². The number of hydrogen-bond acceptors (Lipinski definition) is 4. The Morgan fingerprint density at radius 1 is 0.408 bits per heavy atom. The second kappa shape index (κ2) is 35.7. The average molecular weight is 1070 g/mol. The molecule has 2 amide bonds. The van der Waals surface area contributed by atoms with Crippen LogP contribution in [-0.2, 0) is 9.59 Å². The highest BCUT2D eigenvalue weighted by Crippen LogP contribution is 2.48. The van der Waals surface area contributed by atoms with Crippen molar-refractivity contribution in [2.75, 3.05) is 22.9 Å². The van der Waals surface area contributed by atoms with Crippen LogP contribution in [0.3, 0.4) is 0 Å². The van der Waals surface area contributed by atoms with Crippen molar-refractivity contribution in [3.05, 3.63) is 92.0 Å². The molecule has 6 rings (SSSR count). The Hall–Kier alpha value is -3.74. The molecule has 0 aliphatic carbocycles. The first-order chi connectivity index (χ1) is 37.3. The highest BCUT2D eigenvalue weighted by molar-refractivity contribution is 7.16. The van der Waals surface area contributed by atoms with E-state index in [0.29, 0.717) is 24.2 Å². The molecule has 2 aromatic heterocycles. The minimum Gasteiger partial charge on any atom is -0.308 e. The first-order valence-electron chi connectivity index (χ1n) is 31.8. The molecule has 4 heterocycles. The lowest BCUT2D eigenvalue weighted by Gasteiger charge is -2.20. The summed E-state index contributed by atoms with van der Waals surface area (Å²) in [6.45, 7) is 12.5. The van der Waals surface area contributed by atoms with Gasteiger partial charge in [0.2, 0.25) is 0 Å². The lowest BCUT2D eigenvalue weighted by molar-refractivity contribution is -0.114. The standard InChI is InChI=1S/C70H104N2O2S2/c1-6-9-12-15-18-21-23-24-25-27-30-33-37-52-72-65-55-59(66-51-48-61(76-66)47-46-60-45-43-57(5)75-60)44-50-63(65)68(70(72)74)67-62-49-42-56(4)54-64(62)71(69(67)73)53-38-36-41-58(39-34-31-28-20-17-14-11-8-3)40-35-32-29-26-22-19-16-13-10-7-2/h42-51,54-55,58H,6-41,52-53H2,1-5H3/b47-46+,68-67+. The molecule has 0 spiro atoms. The van der Waals surface area contributed by atoms with E-state index in [2.05, 4.69) is 107 Å². The number of rotatable bonds is 42. The lowest BCUT2D eigenvalue weighted by Crippen LogP contribution is -2.30. The van der Waals surface area contributed by atoms with E-state index in [1.807, 2.05) is 21.1 Å². The van der Waals surface area contributed by atoms with Crippen LogP contribution in [0, 0.1) is 19.8 Å². The maximum atomic E-state index is 15.1. The van der Waals surface area contributed by atoms with Crippen molar-refractivity contribution >= 4 is 69.2 Å². The summed E-state index contributed by atoms with van der Waals surface area (Å²) in [7, 11) is 0. The molecule has 4 aromatic rings. The van der Waals surface area contributed by atoms with E-state index in [9.17, 15) is 0 Å². The zero-order valence-electron chi connectivity index (χ0n) is 48.9. The number of amides is 2. The van der Waals surface area contributed by atoms with E-state index in [0.717, 1.165) is 65.2 Å². The Labute approximate surface area is 473 Å². The van der Waals surface area contributed by atoms with Crippen LogP contribution in [0.2, 0.25) is 0 Å². The molecule has 0 fully saturated rings. The fourth-order valence-electron chi connectivity index (χ4n) is 12.1. The Kier molecular flexibility index (Phi) is 28.9. The first-order valence-corrected chi connectivity index (χ1v) is 33.4. The van der Waals surface area contributed by atoms with Gasteiger partial charge in [-0.05, 0) is 92.3 Å². The summed E-state index contributed by atoms with van der Waals surface area (Å²) >= 11 is 3.60. The zero-order chi connectivity index (χ0) is 53.6. The monoisotopic (exact) mass is 1070 g/mol. The van der Waals surface area contributed by atoms with Crippen LogP contribution < -0.4 is 9.80 Å². The quantitative estimate of drug-likeness (QED) is 0.0328. The summed E-state index contributed by atoms with van der Waals surface area (Å²) in [6, 6.07) is 21.8. The van der Waals surface area contributed by atoms with Crippen LogP contribution in [0.15, 0.2) is 60.7 Å². The molecule has 418 valence electrons. The van der Waals surface area contributed by atoms with E-state index in [-0.39, 0.29) is 11.8 Å². The molecule has 0 radical (unpaired) electrons. The maximum absolute atomic E-state index is 15.1. The van der Waals surface area contributed by atoms with Crippen molar-refractivity contribution in [1.82, 2.24) is 0 Å². The van der Waals surface area contributed by atoms with Crippen molar-refractivity contribution in [2.45, 2.75) is 266 Å². The normalized spacial score (nSPS) is 14.8. The molecule has 0 saturated carbocycles. The topological polar surface area (TPSA) is 40.6 Å². The van der Waals surface area contributed by atoms with Crippen molar-refractivity contribution in [3.8, 4) is 10.4 Å². The minimum atomic E-state index is -0.0142. The smallest absolute Gasteiger partial charge is 0.259 e. The zero-order valence-corrected chi connectivity index (χ0v) is 50.5. The summed E-state index contributed by atoms with van der Waals surface area (Å²) in [5.41, 5.74) is 7.21. The Balaban J connectivity index is 1.12. The number of benzene rings is 2. The molecule has 76 heavy (non-hydrogen) atoms. The van der Waals surface area contributed by atoms with Crippen molar-refractivity contribution in [2.24, 2.45) is 5.92 Å². The van der Waals surface area contributed by atoms with Crippen molar-refractivity contribution in [1.29, 1.82) is 0 Å². The number of thiophene rings is 2. The van der Waals surface area contributed by atoms with Crippen LogP contribution >= 0.6 is 22.7 Å². The second-order valence-electron chi connectivity index (χ2n) is 23.2. The molecule has 1 unspecified atom stereocenters. The molecule has 2 aliphatic heterocycles. The van der Waals surface area contributed by atoms with Crippen molar-refractivity contribution < 1.29 is 9.59 Å². The number of carbonyl (C=O) groups is 2. The predicted molar refractivity (Wildman–Crippen MR) is 337 cm³/mol. The fraction of sp³-hybridized carbons (Fsp3) is 0.629. The number of unbranched alkanes of at least 4 members (excludes halogenated alkanes) is 29. The first kappa shape index (κ1) is 61.5. The summed E-state index contributed by atoms with van der Waals surface area (Å²) in [4.78, 5) is 39.3. The van der Waals surface area contributed by atoms with Gasteiger partial charge in [0.1, 0.15) is 0 Å². The van der Waals surface area contributed by atoms with E-state index < -0.39 is 0 Å². The van der Waals surface area contributed by atoms with E-state index in [1.165, 1.54) is 225 Å². The number of nitrogens with zero attached hydrogens (tertiary/aromatic N) is 2. The number of fused-ring (bicyclic) bond motifs is 2. The third-order valence-electron chi connectivity index (χ3n) is 16.7. The Morgan fingerprint density at radius 3 is 1.25 bits per heavy atom. The molecule has 1 atom stereocenters. The predicted octanol–water partition coefficient (Wildman–Crippen LogP) is 22.6. The highest BCUT2D eigenvalue weighted by atomic mass is 32.1.